The fraction of sp³-hybridized carbons (Fsp3) is 0.385. The van der Waals surface area contributed by atoms with Crippen molar-refractivity contribution in [1.82, 2.24) is 0 Å². The highest BCUT2D eigenvalue weighted by Gasteiger charge is 2.37. The monoisotopic (exact) mass is 312 g/mol. The number of hydrogen-bond donors (Lipinski definition) is 0. The van der Waals surface area contributed by atoms with E-state index in [9.17, 15) is 19.7 Å². The highest BCUT2D eigenvalue weighted by molar-refractivity contribution is 6.64. The predicted octanol–water partition coefficient (Wildman–Crippen LogP) is 2.11. The van der Waals surface area contributed by atoms with Crippen molar-refractivity contribution in [2.24, 2.45) is 5.92 Å². The van der Waals surface area contributed by atoms with Crippen molar-refractivity contribution in [1.29, 1.82) is 0 Å². The van der Waals surface area contributed by atoms with Crippen LogP contribution in [0.25, 0.3) is 0 Å². The molecule has 1 heterocycles. The summed E-state index contributed by atoms with van der Waals surface area (Å²) in [6.45, 7) is 2.19. The molecule has 112 valence electrons. The molecule has 1 aliphatic rings. The van der Waals surface area contributed by atoms with Gasteiger partial charge in [-0.15, -0.1) is 0 Å². The van der Waals surface area contributed by atoms with Gasteiger partial charge in [0.2, 0.25) is 11.1 Å². The van der Waals surface area contributed by atoms with Gasteiger partial charge in [-0.05, 0) is 30.7 Å². The molecule has 0 N–H and O–H groups in total. The van der Waals surface area contributed by atoms with Crippen LogP contribution in [0, 0.1) is 16.0 Å². The molecule has 1 amide bonds. The maximum atomic E-state index is 11.9. The number of anilines is 1. The summed E-state index contributed by atoms with van der Waals surface area (Å²) in [4.78, 5) is 34.9. The quantitative estimate of drug-likeness (QED) is 0.472. The van der Waals surface area contributed by atoms with Gasteiger partial charge in [0.15, 0.2) is 0 Å². The van der Waals surface area contributed by atoms with E-state index in [0.717, 1.165) is 0 Å². The number of hydrogen-bond acceptors (Lipinski definition) is 5. The van der Waals surface area contributed by atoms with Crippen molar-refractivity contribution in [3.8, 4) is 5.75 Å². The Morgan fingerprint density at radius 1 is 1.57 bits per heavy atom. The van der Waals surface area contributed by atoms with Gasteiger partial charge < -0.3 is 9.64 Å². The lowest BCUT2D eigenvalue weighted by atomic mass is 10.1. The van der Waals surface area contributed by atoms with Gasteiger partial charge in [0.25, 0.3) is 5.69 Å². The zero-order valence-electron chi connectivity index (χ0n) is 11.2. The van der Waals surface area contributed by atoms with E-state index in [1.807, 2.05) is 0 Å². The summed E-state index contributed by atoms with van der Waals surface area (Å²) in [5.74, 6) is -0.642. The van der Waals surface area contributed by atoms with E-state index in [1.54, 1.807) is 13.0 Å². The molecule has 1 atom stereocenters. The molecule has 0 aliphatic carbocycles. The van der Waals surface area contributed by atoms with Crippen LogP contribution in [-0.4, -0.2) is 29.2 Å². The Balaban J connectivity index is 2.37. The van der Waals surface area contributed by atoms with Crippen LogP contribution in [0.5, 0.6) is 5.75 Å². The smallest absolute Gasteiger partial charge is 0.296 e. The molecule has 1 fully saturated rings. The van der Waals surface area contributed by atoms with Crippen LogP contribution >= 0.6 is 11.6 Å². The van der Waals surface area contributed by atoms with Gasteiger partial charge in [0.05, 0.1) is 23.5 Å². The zero-order chi connectivity index (χ0) is 15.6. The van der Waals surface area contributed by atoms with Gasteiger partial charge in [-0.25, -0.2) is 0 Å². The SMILES string of the molecule is CCOc1ccc(N2C[C@H](C(=O)Cl)CC2=O)c([N+](=O)[O-])c1. The first-order valence-electron chi connectivity index (χ1n) is 6.35. The number of carbonyl (C=O) groups is 2. The summed E-state index contributed by atoms with van der Waals surface area (Å²) < 4.78 is 5.22. The molecule has 1 aliphatic heterocycles. The van der Waals surface area contributed by atoms with E-state index in [1.165, 1.54) is 17.0 Å². The molecule has 0 radical (unpaired) electrons. The Kier molecular flexibility index (Phi) is 4.42. The Morgan fingerprint density at radius 2 is 2.29 bits per heavy atom. The second-order valence-corrected chi connectivity index (χ2v) is 4.92. The van der Waals surface area contributed by atoms with Gasteiger partial charge >= 0.3 is 0 Å². The second-order valence-electron chi connectivity index (χ2n) is 4.55. The molecule has 0 saturated carbocycles. The number of rotatable bonds is 5. The molecular formula is C13H13ClN2O5. The minimum atomic E-state index is -0.634. The number of nitro benzene ring substituents is 1. The predicted molar refractivity (Wildman–Crippen MR) is 75.6 cm³/mol. The third kappa shape index (κ3) is 3.13. The molecule has 1 saturated heterocycles. The minimum Gasteiger partial charge on any atom is -0.494 e. The highest BCUT2D eigenvalue weighted by Crippen LogP contribution is 2.36. The van der Waals surface area contributed by atoms with Crippen molar-refractivity contribution in [2.45, 2.75) is 13.3 Å². The van der Waals surface area contributed by atoms with E-state index in [2.05, 4.69) is 0 Å². The average molecular weight is 313 g/mol. The number of halogens is 1. The molecule has 2 rings (SSSR count). The Hall–Kier alpha value is -2.15. The van der Waals surface area contributed by atoms with Crippen LogP contribution in [0.15, 0.2) is 18.2 Å². The standard InChI is InChI=1S/C13H13ClN2O5/c1-2-21-9-3-4-10(11(6-9)16(19)20)15-7-8(13(14)18)5-12(15)17/h3-4,6,8H,2,5,7H2,1H3/t8-/m1/s1. The van der Waals surface area contributed by atoms with Crippen molar-refractivity contribution in [3.05, 3.63) is 28.3 Å². The van der Waals surface area contributed by atoms with Crippen LogP contribution in [0.1, 0.15) is 13.3 Å². The summed E-state index contributed by atoms with van der Waals surface area (Å²) in [7, 11) is 0. The summed E-state index contributed by atoms with van der Waals surface area (Å²) >= 11 is 5.40. The van der Waals surface area contributed by atoms with Crippen LogP contribution < -0.4 is 9.64 Å². The maximum absolute atomic E-state index is 11.9. The fourth-order valence-corrected chi connectivity index (χ4v) is 2.37. The molecule has 7 nitrogen and oxygen atoms in total. The van der Waals surface area contributed by atoms with Crippen molar-refractivity contribution in [2.75, 3.05) is 18.1 Å². The molecule has 0 bridgehead atoms. The normalized spacial score (nSPS) is 17.9. The Bertz CT molecular complexity index is 604. The molecule has 1 aromatic carbocycles. The number of ether oxygens (including phenoxy) is 1. The average Bonchev–Trinajstić information content (AvgIpc) is 2.81. The molecule has 0 spiro atoms. The lowest BCUT2D eigenvalue weighted by Gasteiger charge is -2.16. The highest BCUT2D eigenvalue weighted by atomic mass is 35.5. The van der Waals surface area contributed by atoms with Crippen LogP contribution in [0.3, 0.4) is 0 Å². The van der Waals surface area contributed by atoms with Crippen LogP contribution in [-0.2, 0) is 9.59 Å². The molecule has 21 heavy (non-hydrogen) atoms. The second kappa shape index (κ2) is 6.09. The van der Waals surface area contributed by atoms with Gasteiger partial charge in [0.1, 0.15) is 11.4 Å². The molecule has 0 unspecified atom stereocenters. The molecular weight excluding hydrogens is 300 g/mol. The largest absolute Gasteiger partial charge is 0.494 e. The number of carbonyl (C=O) groups excluding carboxylic acids is 2. The first-order chi connectivity index (χ1) is 9.93. The summed E-state index contributed by atoms with van der Waals surface area (Å²) in [6, 6.07) is 4.26. The first-order valence-corrected chi connectivity index (χ1v) is 6.72. The van der Waals surface area contributed by atoms with E-state index in [-0.39, 0.29) is 30.2 Å². The third-order valence-electron chi connectivity index (χ3n) is 3.19. The van der Waals surface area contributed by atoms with Gasteiger partial charge in [-0.1, -0.05) is 0 Å². The van der Waals surface area contributed by atoms with E-state index in [4.69, 9.17) is 16.3 Å². The van der Waals surface area contributed by atoms with Gasteiger partial charge in [0, 0.05) is 13.0 Å². The fourth-order valence-electron chi connectivity index (χ4n) is 2.23. The van der Waals surface area contributed by atoms with Gasteiger partial charge in [-0.2, -0.15) is 0 Å². The van der Waals surface area contributed by atoms with Crippen molar-refractivity contribution < 1.29 is 19.2 Å². The lowest BCUT2D eigenvalue weighted by molar-refractivity contribution is -0.384. The molecule has 1 aromatic rings. The summed E-state index contributed by atoms with van der Waals surface area (Å²) in [5, 5.41) is 10.6. The van der Waals surface area contributed by atoms with Gasteiger partial charge in [-0.3, -0.25) is 19.7 Å². The number of nitrogens with zero attached hydrogens (tertiary/aromatic N) is 2. The van der Waals surface area contributed by atoms with E-state index in [0.29, 0.717) is 12.4 Å². The first kappa shape index (κ1) is 15.2. The van der Waals surface area contributed by atoms with E-state index < -0.39 is 16.1 Å². The summed E-state index contributed by atoms with van der Waals surface area (Å²) in [6.07, 6.45) is -0.0350. The van der Waals surface area contributed by atoms with E-state index >= 15 is 0 Å². The lowest BCUT2D eigenvalue weighted by Crippen LogP contribution is -2.26. The maximum Gasteiger partial charge on any atom is 0.296 e. The third-order valence-corrected chi connectivity index (χ3v) is 3.50. The van der Waals surface area contributed by atoms with Crippen LogP contribution in [0.2, 0.25) is 0 Å². The van der Waals surface area contributed by atoms with Crippen LogP contribution in [0.4, 0.5) is 11.4 Å². The molecule has 0 aromatic heterocycles. The Morgan fingerprint density at radius 3 is 2.81 bits per heavy atom. The Labute approximate surface area is 125 Å². The number of benzene rings is 1. The summed E-state index contributed by atoms with van der Waals surface area (Å²) in [5.41, 5.74) is -0.0918. The topological polar surface area (TPSA) is 89.8 Å². The zero-order valence-corrected chi connectivity index (χ0v) is 12.0. The molecule has 8 heteroatoms. The van der Waals surface area contributed by atoms with Crippen molar-refractivity contribution in [3.63, 3.8) is 0 Å². The number of amides is 1. The minimum absolute atomic E-state index is 0.0350. The number of nitro groups is 1. The van der Waals surface area contributed by atoms with Crippen molar-refractivity contribution >= 4 is 34.1 Å².